The number of aryl methyl sites for hydroxylation is 1. The predicted molar refractivity (Wildman–Crippen MR) is 77.7 cm³/mol. The van der Waals surface area contributed by atoms with E-state index >= 15 is 0 Å². The molecule has 0 aromatic carbocycles. The zero-order valence-corrected chi connectivity index (χ0v) is 12.6. The number of nitrogen functional groups attached to an aromatic ring is 1. The summed E-state index contributed by atoms with van der Waals surface area (Å²) < 4.78 is 7.05. The molecule has 2 rings (SSSR count). The molecule has 1 aromatic heterocycles. The summed E-state index contributed by atoms with van der Waals surface area (Å²) in [6, 6.07) is 0.291. The minimum atomic E-state index is -0.428. The number of piperidine rings is 1. The van der Waals surface area contributed by atoms with Crippen LogP contribution in [0.4, 0.5) is 5.82 Å². The van der Waals surface area contributed by atoms with E-state index in [1.807, 2.05) is 11.5 Å². The molecule has 0 aliphatic carbocycles. The summed E-state index contributed by atoms with van der Waals surface area (Å²) in [7, 11) is 2.11. The van der Waals surface area contributed by atoms with E-state index < -0.39 is 5.97 Å². The van der Waals surface area contributed by atoms with Crippen LogP contribution in [-0.2, 0) is 11.2 Å². The summed E-state index contributed by atoms with van der Waals surface area (Å²) >= 11 is 0. The third-order valence-corrected chi connectivity index (χ3v) is 3.77. The average Bonchev–Trinajstić information content (AvgIpc) is 2.76. The Morgan fingerprint density at radius 3 is 2.85 bits per heavy atom. The van der Waals surface area contributed by atoms with E-state index in [1.54, 1.807) is 6.92 Å². The number of ether oxygens (including phenoxy) is 1. The van der Waals surface area contributed by atoms with Gasteiger partial charge >= 0.3 is 5.97 Å². The van der Waals surface area contributed by atoms with E-state index in [4.69, 9.17) is 10.5 Å². The number of carbonyl (C=O) groups is 1. The van der Waals surface area contributed by atoms with Crippen molar-refractivity contribution in [2.45, 2.75) is 39.2 Å². The van der Waals surface area contributed by atoms with Gasteiger partial charge in [0.15, 0.2) is 5.69 Å². The van der Waals surface area contributed by atoms with Gasteiger partial charge < -0.3 is 19.9 Å². The van der Waals surface area contributed by atoms with Crippen LogP contribution in [0, 0.1) is 0 Å². The van der Waals surface area contributed by atoms with E-state index in [0.29, 0.717) is 18.5 Å². The molecule has 0 radical (unpaired) electrons. The number of likely N-dealkylation sites (tertiary alicyclic amines) is 1. The van der Waals surface area contributed by atoms with Crippen LogP contribution >= 0.6 is 0 Å². The Morgan fingerprint density at radius 1 is 1.50 bits per heavy atom. The quantitative estimate of drug-likeness (QED) is 0.845. The zero-order valence-electron chi connectivity index (χ0n) is 12.6. The first kappa shape index (κ1) is 14.8. The molecule has 20 heavy (non-hydrogen) atoms. The number of nitrogens with zero attached hydrogens (tertiary/aromatic N) is 3. The fourth-order valence-electron chi connectivity index (χ4n) is 2.85. The number of imidazole rings is 1. The summed E-state index contributed by atoms with van der Waals surface area (Å²) in [5.74, 6) is 0.883. The van der Waals surface area contributed by atoms with Gasteiger partial charge in [0.2, 0.25) is 0 Å². The number of anilines is 1. The molecule has 1 fully saturated rings. The van der Waals surface area contributed by atoms with E-state index in [1.165, 1.54) is 0 Å². The summed E-state index contributed by atoms with van der Waals surface area (Å²) in [5, 5.41) is 0. The lowest BCUT2D eigenvalue weighted by molar-refractivity contribution is 0.0521. The number of nitrogens with two attached hydrogens (primary N) is 1. The van der Waals surface area contributed by atoms with Gasteiger partial charge in [0.1, 0.15) is 11.6 Å². The Bertz CT molecular complexity index is 484. The van der Waals surface area contributed by atoms with Crippen molar-refractivity contribution in [2.75, 3.05) is 32.5 Å². The molecular weight excluding hydrogens is 256 g/mol. The Kier molecular flexibility index (Phi) is 4.65. The molecule has 1 unspecified atom stereocenters. The fraction of sp³-hybridized carbons (Fsp3) is 0.714. The minimum absolute atomic E-state index is 0.261. The van der Waals surface area contributed by atoms with Crippen molar-refractivity contribution in [1.82, 2.24) is 14.5 Å². The molecule has 0 saturated carbocycles. The van der Waals surface area contributed by atoms with E-state index in [9.17, 15) is 4.79 Å². The molecule has 112 valence electrons. The molecule has 6 heteroatoms. The second-order valence-electron chi connectivity index (χ2n) is 5.26. The van der Waals surface area contributed by atoms with Crippen molar-refractivity contribution in [3.05, 3.63) is 11.5 Å². The predicted octanol–water partition coefficient (Wildman–Crippen LogP) is 1.47. The molecular formula is C14H24N4O2. The number of aromatic nitrogens is 2. The van der Waals surface area contributed by atoms with E-state index in [-0.39, 0.29) is 5.69 Å². The molecule has 1 saturated heterocycles. The zero-order chi connectivity index (χ0) is 14.7. The molecule has 0 amide bonds. The lowest BCUT2D eigenvalue weighted by Gasteiger charge is -2.32. The molecule has 1 aliphatic rings. The summed E-state index contributed by atoms with van der Waals surface area (Å²) in [6.07, 6.45) is 2.96. The second kappa shape index (κ2) is 6.26. The highest BCUT2D eigenvalue weighted by Gasteiger charge is 2.27. The normalized spacial score (nSPS) is 20.1. The molecule has 1 aromatic rings. The second-order valence-corrected chi connectivity index (χ2v) is 5.26. The molecule has 6 nitrogen and oxygen atoms in total. The van der Waals surface area contributed by atoms with E-state index in [2.05, 4.69) is 16.9 Å². The molecule has 1 aliphatic heterocycles. The van der Waals surface area contributed by atoms with Crippen molar-refractivity contribution >= 4 is 11.8 Å². The first-order chi connectivity index (χ1) is 9.58. The Hall–Kier alpha value is -1.56. The largest absolute Gasteiger partial charge is 0.461 e. The number of likely N-dealkylation sites (N-methyl/N-ethyl adjacent to an activating group) is 1. The van der Waals surface area contributed by atoms with Crippen LogP contribution in [0.2, 0.25) is 0 Å². The molecule has 2 N–H and O–H groups in total. The number of esters is 1. The van der Waals surface area contributed by atoms with Crippen LogP contribution < -0.4 is 5.73 Å². The van der Waals surface area contributed by atoms with Gasteiger partial charge in [0, 0.05) is 19.0 Å². The van der Waals surface area contributed by atoms with Crippen molar-refractivity contribution in [2.24, 2.45) is 0 Å². The fourth-order valence-corrected chi connectivity index (χ4v) is 2.85. The van der Waals surface area contributed by atoms with Crippen molar-refractivity contribution < 1.29 is 9.53 Å². The highest BCUT2D eigenvalue weighted by molar-refractivity contribution is 5.92. The van der Waals surface area contributed by atoms with Crippen molar-refractivity contribution in [3.63, 3.8) is 0 Å². The smallest absolute Gasteiger partial charge is 0.360 e. The molecule has 1 atom stereocenters. The Morgan fingerprint density at radius 2 is 2.25 bits per heavy atom. The van der Waals surface area contributed by atoms with Crippen LogP contribution in [0.1, 0.15) is 49.0 Å². The highest BCUT2D eigenvalue weighted by Crippen LogP contribution is 2.28. The molecule has 0 spiro atoms. The summed E-state index contributed by atoms with van der Waals surface area (Å²) in [5.41, 5.74) is 6.43. The van der Waals surface area contributed by atoms with Gasteiger partial charge in [-0.25, -0.2) is 9.78 Å². The van der Waals surface area contributed by atoms with Crippen LogP contribution in [0.5, 0.6) is 0 Å². The van der Waals surface area contributed by atoms with Crippen LogP contribution in [-0.4, -0.2) is 47.2 Å². The first-order valence-electron chi connectivity index (χ1n) is 7.30. The first-order valence-corrected chi connectivity index (χ1v) is 7.30. The lowest BCUT2D eigenvalue weighted by Crippen LogP contribution is -2.34. The lowest BCUT2D eigenvalue weighted by atomic mass is 10.1. The Balaban J connectivity index is 2.34. The third-order valence-electron chi connectivity index (χ3n) is 3.77. The van der Waals surface area contributed by atoms with Crippen molar-refractivity contribution in [1.29, 1.82) is 0 Å². The maximum Gasteiger partial charge on any atom is 0.360 e. The van der Waals surface area contributed by atoms with Gasteiger partial charge in [-0.1, -0.05) is 6.92 Å². The SMILES string of the molecule is CCOC(=O)c1nc(CC)n(C2CCCN(C)C2)c1N. The van der Waals surface area contributed by atoms with Gasteiger partial charge in [-0.15, -0.1) is 0 Å². The molecule has 0 bridgehead atoms. The van der Waals surface area contributed by atoms with E-state index in [0.717, 1.165) is 38.2 Å². The summed E-state index contributed by atoms with van der Waals surface area (Å²) in [4.78, 5) is 18.6. The van der Waals surface area contributed by atoms with Gasteiger partial charge in [-0.2, -0.15) is 0 Å². The number of carbonyl (C=O) groups excluding carboxylic acids is 1. The van der Waals surface area contributed by atoms with Crippen LogP contribution in [0.25, 0.3) is 0 Å². The number of hydrogen-bond acceptors (Lipinski definition) is 5. The average molecular weight is 280 g/mol. The highest BCUT2D eigenvalue weighted by atomic mass is 16.5. The van der Waals surface area contributed by atoms with Crippen LogP contribution in [0.3, 0.4) is 0 Å². The number of rotatable bonds is 4. The maximum atomic E-state index is 11.9. The molecule has 2 heterocycles. The summed E-state index contributed by atoms with van der Waals surface area (Å²) in [6.45, 7) is 6.19. The Labute approximate surface area is 119 Å². The van der Waals surface area contributed by atoms with Gasteiger partial charge in [-0.05, 0) is 33.4 Å². The van der Waals surface area contributed by atoms with Gasteiger partial charge in [0.05, 0.1) is 6.61 Å². The van der Waals surface area contributed by atoms with Crippen molar-refractivity contribution in [3.8, 4) is 0 Å². The standard InChI is InChI=1S/C14H24N4O2/c1-4-11-16-12(14(19)20-5-2)13(15)18(11)10-7-6-8-17(3)9-10/h10H,4-9,15H2,1-3H3. The third kappa shape index (κ3) is 2.80. The van der Waals surface area contributed by atoms with Crippen LogP contribution in [0.15, 0.2) is 0 Å². The minimum Gasteiger partial charge on any atom is -0.461 e. The van der Waals surface area contributed by atoms with Gasteiger partial charge in [-0.3, -0.25) is 0 Å². The topological polar surface area (TPSA) is 73.4 Å². The monoisotopic (exact) mass is 280 g/mol. The number of hydrogen-bond donors (Lipinski definition) is 1. The van der Waals surface area contributed by atoms with Gasteiger partial charge in [0.25, 0.3) is 0 Å². The maximum absolute atomic E-state index is 11.9.